The lowest BCUT2D eigenvalue weighted by molar-refractivity contribution is -0.0373. The van der Waals surface area contributed by atoms with Gasteiger partial charge in [0, 0.05) is 16.1 Å². The summed E-state index contributed by atoms with van der Waals surface area (Å²) in [5.41, 5.74) is -0.707. The maximum atomic E-state index is 10.9. The lowest BCUT2D eigenvalue weighted by atomic mass is 9.97. The van der Waals surface area contributed by atoms with Gasteiger partial charge in [0.15, 0.2) is 0 Å². The molecule has 0 aromatic carbocycles. The maximum absolute atomic E-state index is 10.9. The zero-order valence-electron chi connectivity index (χ0n) is 9.43. The Hall–Kier alpha value is 0.200. The Morgan fingerprint density at radius 3 is 1.86 bits per heavy atom. The molecule has 0 heterocycles. The van der Waals surface area contributed by atoms with Crippen molar-refractivity contribution in [3.05, 3.63) is 0 Å². The van der Waals surface area contributed by atoms with E-state index in [1.165, 1.54) is 0 Å². The summed E-state index contributed by atoms with van der Waals surface area (Å²) in [7, 11) is 1.73. The van der Waals surface area contributed by atoms with Crippen molar-refractivity contribution < 1.29 is 13.2 Å². The fraction of sp³-hybridized carbons (Fsp3) is 1.00. The van der Waals surface area contributed by atoms with Crippen LogP contribution in [-0.4, -0.2) is 26.4 Å². The van der Waals surface area contributed by atoms with Gasteiger partial charge in [-0.15, -0.1) is 0 Å². The minimum absolute atomic E-state index is 0.0718. The summed E-state index contributed by atoms with van der Waals surface area (Å²) in [5.74, 6) is -0.0718. The van der Waals surface area contributed by atoms with Crippen LogP contribution in [0.15, 0.2) is 0 Å². The summed E-state index contributed by atoms with van der Waals surface area (Å²) < 4.78 is 27.3. The van der Waals surface area contributed by atoms with Crippen LogP contribution < -0.4 is 0 Å². The van der Waals surface area contributed by atoms with Crippen molar-refractivity contribution in [3.8, 4) is 0 Å². The summed E-state index contributed by atoms with van der Waals surface area (Å²) >= 11 is 0. The Labute approximate surface area is 91.2 Å². The van der Waals surface area contributed by atoms with Gasteiger partial charge >= 0.3 is 0 Å². The molecule has 0 fully saturated rings. The fourth-order valence-corrected chi connectivity index (χ4v) is 2.82. The molecule has 0 aromatic heterocycles. The zero-order valence-corrected chi connectivity index (χ0v) is 11.0. The number of rotatable bonds is 4. The zero-order chi connectivity index (χ0) is 11.6. The van der Waals surface area contributed by atoms with E-state index in [0.717, 1.165) is 0 Å². The van der Waals surface area contributed by atoms with E-state index in [-0.39, 0.29) is 11.4 Å². The molecule has 0 aromatic rings. The van der Waals surface area contributed by atoms with Crippen molar-refractivity contribution in [1.29, 1.82) is 0 Å². The highest BCUT2D eigenvalue weighted by atomic mass is 35.7. The first kappa shape index (κ1) is 14.2. The van der Waals surface area contributed by atoms with Crippen LogP contribution in [-0.2, 0) is 13.8 Å². The Balaban J connectivity index is 4.23. The Morgan fingerprint density at radius 2 is 1.57 bits per heavy atom. The van der Waals surface area contributed by atoms with Crippen molar-refractivity contribution in [2.75, 3.05) is 12.4 Å². The molecule has 0 aliphatic carbocycles. The minimum atomic E-state index is -3.46. The third kappa shape index (κ3) is 8.78. The molecule has 0 radical (unpaired) electrons. The molecule has 0 bridgehead atoms. The third-order valence-corrected chi connectivity index (χ3v) is 2.91. The molecule has 0 saturated heterocycles. The van der Waals surface area contributed by atoms with Crippen LogP contribution in [0, 0.1) is 5.41 Å². The molecule has 0 spiro atoms. The van der Waals surface area contributed by atoms with Gasteiger partial charge < -0.3 is 4.74 Å². The predicted octanol–water partition coefficient (Wildman–Crippen LogP) is 2.40. The Kier molecular flexibility index (Phi) is 4.43. The van der Waals surface area contributed by atoms with Gasteiger partial charge in [-0.05, 0) is 20.8 Å². The summed E-state index contributed by atoms with van der Waals surface area (Å²) in [4.78, 5) is 0. The van der Waals surface area contributed by atoms with E-state index in [0.29, 0.717) is 6.61 Å². The highest BCUT2D eigenvalue weighted by molar-refractivity contribution is 8.13. The van der Waals surface area contributed by atoms with E-state index in [4.69, 9.17) is 15.4 Å². The van der Waals surface area contributed by atoms with Crippen LogP contribution in [0.1, 0.15) is 34.6 Å². The van der Waals surface area contributed by atoms with Gasteiger partial charge in [0.1, 0.15) is 0 Å². The molecule has 0 aliphatic rings. The Morgan fingerprint density at radius 1 is 1.14 bits per heavy atom. The third-order valence-electron chi connectivity index (χ3n) is 1.46. The van der Waals surface area contributed by atoms with Crippen molar-refractivity contribution in [3.63, 3.8) is 0 Å². The van der Waals surface area contributed by atoms with Gasteiger partial charge in [0.05, 0.1) is 18.0 Å². The molecule has 0 unspecified atom stereocenters. The first-order valence-corrected chi connectivity index (χ1v) is 6.95. The van der Waals surface area contributed by atoms with E-state index in [1.807, 2.05) is 34.6 Å². The average molecular weight is 243 g/mol. The number of ether oxygens (including phenoxy) is 1. The summed E-state index contributed by atoms with van der Waals surface area (Å²) in [6.45, 7) is 9.80. The topological polar surface area (TPSA) is 43.4 Å². The smallest absolute Gasteiger partial charge is 0.233 e. The van der Waals surface area contributed by atoms with Gasteiger partial charge in [-0.3, -0.25) is 0 Å². The van der Waals surface area contributed by atoms with Crippen LogP contribution in [0.2, 0.25) is 0 Å². The van der Waals surface area contributed by atoms with Crippen molar-refractivity contribution in [2.24, 2.45) is 5.41 Å². The predicted molar refractivity (Wildman–Crippen MR) is 59.1 cm³/mol. The lowest BCUT2D eigenvalue weighted by Gasteiger charge is -2.28. The van der Waals surface area contributed by atoms with Crippen LogP contribution in [0.25, 0.3) is 0 Å². The number of hydrogen-bond donors (Lipinski definition) is 0. The monoisotopic (exact) mass is 242 g/mol. The second-order valence-corrected chi connectivity index (χ2v) is 8.03. The molecule has 0 atom stereocenters. The largest absolute Gasteiger partial charge is 0.375 e. The van der Waals surface area contributed by atoms with E-state index in [2.05, 4.69) is 0 Å². The van der Waals surface area contributed by atoms with Crippen LogP contribution in [0.5, 0.6) is 0 Å². The Bertz CT molecular complexity index is 275. The van der Waals surface area contributed by atoms with E-state index < -0.39 is 14.5 Å². The molecule has 0 rings (SSSR count). The van der Waals surface area contributed by atoms with Gasteiger partial charge in [-0.2, -0.15) is 0 Å². The molecule has 0 aliphatic heterocycles. The fourth-order valence-electron chi connectivity index (χ4n) is 0.920. The molecular formula is C9H19ClO3S. The van der Waals surface area contributed by atoms with Crippen molar-refractivity contribution >= 4 is 19.7 Å². The average Bonchev–Trinajstić information content (AvgIpc) is 1.76. The van der Waals surface area contributed by atoms with Crippen LogP contribution in [0.4, 0.5) is 0 Å². The molecular weight excluding hydrogens is 224 g/mol. The quantitative estimate of drug-likeness (QED) is 0.711. The minimum Gasteiger partial charge on any atom is -0.375 e. The van der Waals surface area contributed by atoms with Crippen molar-refractivity contribution in [1.82, 2.24) is 0 Å². The summed E-state index contributed by atoms with van der Waals surface area (Å²) in [6, 6.07) is 0. The first-order valence-electron chi connectivity index (χ1n) is 4.48. The van der Waals surface area contributed by atoms with E-state index in [9.17, 15) is 8.42 Å². The molecule has 0 amide bonds. The molecule has 3 nitrogen and oxygen atoms in total. The van der Waals surface area contributed by atoms with E-state index >= 15 is 0 Å². The normalized spacial score (nSPS) is 14.4. The summed E-state index contributed by atoms with van der Waals surface area (Å²) in [6.07, 6.45) is 0. The van der Waals surface area contributed by atoms with Gasteiger partial charge in [0.2, 0.25) is 9.05 Å². The molecule has 14 heavy (non-hydrogen) atoms. The van der Waals surface area contributed by atoms with Crippen molar-refractivity contribution in [2.45, 2.75) is 40.2 Å². The highest BCUT2D eigenvalue weighted by Crippen LogP contribution is 2.23. The standard InChI is InChI=1S/C9H19ClO3S/c1-8(2,3)13-6-9(4,5)7-14(10,11)12/h6-7H2,1-5H3. The SMILES string of the molecule is CC(C)(COC(C)(C)C)CS(=O)(=O)Cl. The number of hydrogen-bond acceptors (Lipinski definition) is 3. The molecule has 0 N–H and O–H groups in total. The number of halogens is 1. The van der Waals surface area contributed by atoms with Crippen LogP contribution >= 0.6 is 10.7 Å². The second-order valence-electron chi connectivity index (χ2n) is 5.25. The maximum Gasteiger partial charge on any atom is 0.233 e. The second kappa shape index (κ2) is 4.37. The summed E-state index contributed by atoms with van der Waals surface area (Å²) in [5, 5.41) is 0. The van der Waals surface area contributed by atoms with E-state index in [1.54, 1.807) is 0 Å². The molecule has 86 valence electrons. The highest BCUT2D eigenvalue weighted by Gasteiger charge is 2.27. The van der Waals surface area contributed by atoms with Gasteiger partial charge in [0.25, 0.3) is 0 Å². The molecule has 0 saturated carbocycles. The van der Waals surface area contributed by atoms with Gasteiger partial charge in [-0.25, -0.2) is 8.42 Å². The first-order chi connectivity index (χ1) is 5.91. The lowest BCUT2D eigenvalue weighted by Crippen LogP contribution is -2.32. The van der Waals surface area contributed by atoms with Crippen LogP contribution in [0.3, 0.4) is 0 Å². The van der Waals surface area contributed by atoms with Gasteiger partial charge in [-0.1, -0.05) is 13.8 Å². The molecule has 5 heteroatoms.